The van der Waals surface area contributed by atoms with Gasteiger partial charge in [-0.25, -0.2) is 4.79 Å². The Kier molecular flexibility index (Phi) is 3.09. The van der Waals surface area contributed by atoms with Crippen molar-refractivity contribution in [2.24, 2.45) is 7.05 Å². The molecule has 0 aliphatic heterocycles. The molecule has 0 aliphatic rings. The van der Waals surface area contributed by atoms with Gasteiger partial charge in [-0.1, -0.05) is 31.9 Å². The number of hydrogen-bond donors (Lipinski definition) is 0. The van der Waals surface area contributed by atoms with Gasteiger partial charge in [0.1, 0.15) is 3.74 Å². The van der Waals surface area contributed by atoms with Gasteiger partial charge in [0.15, 0.2) is 5.58 Å². The average molecular weight is 366 g/mol. The second-order valence-corrected chi connectivity index (χ2v) is 6.42. The van der Waals surface area contributed by atoms with E-state index in [1.807, 2.05) is 0 Å². The highest BCUT2D eigenvalue weighted by molar-refractivity contribution is 9.24. The average Bonchev–Trinajstić information content (AvgIpc) is 2.53. The molecule has 0 aliphatic carbocycles. The van der Waals surface area contributed by atoms with Crippen LogP contribution in [-0.4, -0.2) is 9.49 Å². The Morgan fingerprint density at radius 3 is 2.65 bits per heavy atom. The molecule has 0 unspecified atom stereocenters. The first kappa shape index (κ1) is 12.3. The fourth-order valence-corrected chi connectivity index (χ4v) is 2.24. The molecule has 2 aromatic rings. The van der Waals surface area contributed by atoms with E-state index in [9.17, 15) is 14.9 Å². The highest BCUT2D eigenvalue weighted by Gasteiger charge is 2.22. The van der Waals surface area contributed by atoms with Gasteiger partial charge in [0.2, 0.25) is 0 Å². The van der Waals surface area contributed by atoms with E-state index < -0.39 is 10.7 Å². The second-order valence-electron chi connectivity index (χ2n) is 3.36. The number of rotatable bonds is 2. The van der Waals surface area contributed by atoms with Gasteiger partial charge < -0.3 is 4.42 Å². The van der Waals surface area contributed by atoms with Gasteiger partial charge in [-0.05, 0) is 6.07 Å². The Hall–Kier alpha value is -1.15. The van der Waals surface area contributed by atoms with E-state index in [4.69, 9.17) is 4.42 Å². The molecule has 1 aromatic heterocycles. The van der Waals surface area contributed by atoms with Crippen LogP contribution in [-0.2, 0) is 7.05 Å². The highest BCUT2D eigenvalue weighted by atomic mass is 79.9. The van der Waals surface area contributed by atoms with Gasteiger partial charge in [-0.3, -0.25) is 14.7 Å². The van der Waals surface area contributed by atoms with Gasteiger partial charge in [-0.15, -0.1) is 0 Å². The Bertz CT molecular complexity index is 659. The predicted molar refractivity (Wildman–Crippen MR) is 68.7 cm³/mol. The van der Waals surface area contributed by atoms with Gasteiger partial charge in [0.25, 0.3) is 5.69 Å². The molecule has 0 atom stereocenters. The first-order valence-corrected chi connectivity index (χ1v) is 6.31. The van der Waals surface area contributed by atoms with E-state index >= 15 is 0 Å². The van der Waals surface area contributed by atoms with Crippen LogP contribution in [0.25, 0.3) is 11.1 Å². The maximum atomic E-state index is 11.3. The van der Waals surface area contributed by atoms with Crippen LogP contribution in [0.15, 0.2) is 21.3 Å². The first-order chi connectivity index (χ1) is 7.91. The molecule has 1 aromatic carbocycles. The third kappa shape index (κ3) is 2.02. The van der Waals surface area contributed by atoms with Crippen LogP contribution >= 0.6 is 31.9 Å². The molecule has 1 heterocycles. The van der Waals surface area contributed by atoms with Crippen molar-refractivity contribution in [3.05, 3.63) is 38.4 Å². The number of alkyl halides is 2. The lowest BCUT2D eigenvalue weighted by atomic mass is 10.2. The summed E-state index contributed by atoms with van der Waals surface area (Å²) in [6.45, 7) is 0. The number of benzene rings is 1. The molecule has 0 fully saturated rings. The van der Waals surface area contributed by atoms with Gasteiger partial charge in [-0.2, -0.15) is 0 Å². The quantitative estimate of drug-likeness (QED) is 0.465. The summed E-state index contributed by atoms with van der Waals surface area (Å²) in [6, 6.07) is 2.80. The molecular weight excluding hydrogens is 360 g/mol. The van der Waals surface area contributed by atoms with Crippen LogP contribution in [0.2, 0.25) is 0 Å². The SMILES string of the molecule is Cn1c(=O)oc2cc([N+](=O)[O-])c(C(Br)Br)cc21. The molecule has 0 amide bonds. The lowest BCUT2D eigenvalue weighted by molar-refractivity contribution is -0.385. The van der Waals surface area contributed by atoms with Gasteiger partial charge >= 0.3 is 5.76 Å². The molecule has 0 bridgehead atoms. The van der Waals surface area contributed by atoms with Crippen LogP contribution < -0.4 is 5.76 Å². The Morgan fingerprint density at radius 2 is 2.12 bits per heavy atom. The van der Waals surface area contributed by atoms with Crippen LogP contribution in [0.4, 0.5) is 5.69 Å². The summed E-state index contributed by atoms with van der Waals surface area (Å²) in [4.78, 5) is 21.7. The minimum absolute atomic E-state index is 0.106. The molecule has 2 rings (SSSR count). The minimum Gasteiger partial charge on any atom is -0.407 e. The fourth-order valence-electron chi connectivity index (χ4n) is 1.51. The molecule has 17 heavy (non-hydrogen) atoms. The smallest absolute Gasteiger partial charge is 0.407 e. The van der Waals surface area contributed by atoms with Crippen molar-refractivity contribution in [3.8, 4) is 0 Å². The van der Waals surface area contributed by atoms with E-state index in [-0.39, 0.29) is 15.0 Å². The van der Waals surface area contributed by atoms with E-state index in [1.165, 1.54) is 10.6 Å². The summed E-state index contributed by atoms with van der Waals surface area (Å²) in [5.74, 6) is -0.549. The summed E-state index contributed by atoms with van der Waals surface area (Å²) >= 11 is 6.43. The maximum Gasteiger partial charge on any atom is 0.419 e. The molecule has 8 heteroatoms. The standard InChI is InChI=1S/C9H6Br2N2O4/c1-12-6-2-4(8(10)11)5(13(15)16)3-7(6)17-9(12)14/h2-3,8H,1H3. The number of nitro benzene ring substituents is 1. The summed E-state index contributed by atoms with van der Waals surface area (Å²) in [5.41, 5.74) is 1.04. The van der Waals surface area contributed by atoms with Crippen molar-refractivity contribution < 1.29 is 9.34 Å². The minimum atomic E-state index is -0.549. The fraction of sp³-hybridized carbons (Fsp3) is 0.222. The number of hydrogen-bond acceptors (Lipinski definition) is 4. The lowest BCUT2D eigenvalue weighted by Gasteiger charge is -2.03. The summed E-state index contributed by atoms with van der Waals surface area (Å²) in [5, 5.41) is 10.9. The van der Waals surface area contributed by atoms with E-state index in [2.05, 4.69) is 31.9 Å². The molecule has 0 saturated carbocycles. The maximum absolute atomic E-state index is 11.3. The number of aryl methyl sites for hydroxylation is 1. The van der Waals surface area contributed by atoms with Crippen molar-refractivity contribution in [1.29, 1.82) is 0 Å². The summed E-state index contributed by atoms with van der Waals surface area (Å²) < 4.78 is 5.82. The zero-order valence-corrected chi connectivity index (χ0v) is 11.7. The molecule has 0 N–H and O–H groups in total. The van der Waals surface area contributed by atoms with E-state index in [0.717, 1.165) is 0 Å². The Labute approximate surface area is 112 Å². The number of fused-ring (bicyclic) bond motifs is 1. The largest absolute Gasteiger partial charge is 0.419 e. The third-order valence-electron chi connectivity index (χ3n) is 2.37. The van der Waals surface area contributed by atoms with Crippen molar-refractivity contribution in [1.82, 2.24) is 4.57 Å². The molecule has 0 saturated heterocycles. The van der Waals surface area contributed by atoms with Gasteiger partial charge in [0.05, 0.1) is 22.1 Å². The van der Waals surface area contributed by atoms with E-state index in [1.54, 1.807) is 13.1 Å². The normalized spacial score (nSPS) is 11.3. The highest BCUT2D eigenvalue weighted by Crippen LogP contribution is 2.37. The molecule has 0 radical (unpaired) electrons. The van der Waals surface area contributed by atoms with Crippen LogP contribution in [0, 0.1) is 10.1 Å². The predicted octanol–water partition coefficient (Wildman–Crippen LogP) is 2.83. The summed E-state index contributed by atoms with van der Waals surface area (Å²) in [7, 11) is 1.54. The number of aromatic nitrogens is 1. The molecule has 90 valence electrons. The lowest BCUT2D eigenvalue weighted by Crippen LogP contribution is -2.08. The second kappa shape index (κ2) is 4.26. The van der Waals surface area contributed by atoms with Crippen molar-refractivity contribution in [3.63, 3.8) is 0 Å². The van der Waals surface area contributed by atoms with Gasteiger partial charge in [0, 0.05) is 7.05 Å². The molecular formula is C9H6Br2N2O4. The monoisotopic (exact) mass is 364 g/mol. The molecule has 6 nitrogen and oxygen atoms in total. The Balaban J connectivity index is 2.86. The number of halogens is 2. The van der Waals surface area contributed by atoms with Crippen LogP contribution in [0.1, 0.15) is 9.30 Å². The molecule has 0 spiro atoms. The number of nitro groups is 1. The van der Waals surface area contributed by atoms with Crippen LogP contribution in [0.5, 0.6) is 0 Å². The van der Waals surface area contributed by atoms with E-state index in [0.29, 0.717) is 11.1 Å². The topological polar surface area (TPSA) is 78.3 Å². The number of oxazole rings is 1. The zero-order chi connectivity index (χ0) is 12.7. The van der Waals surface area contributed by atoms with Crippen LogP contribution in [0.3, 0.4) is 0 Å². The third-order valence-corrected chi connectivity index (χ3v) is 3.36. The van der Waals surface area contributed by atoms with Crippen molar-refractivity contribution in [2.75, 3.05) is 0 Å². The summed E-state index contributed by atoms with van der Waals surface area (Å²) in [6.07, 6.45) is 0. The first-order valence-electron chi connectivity index (χ1n) is 4.48. The van der Waals surface area contributed by atoms with Crippen molar-refractivity contribution in [2.45, 2.75) is 3.74 Å². The zero-order valence-electron chi connectivity index (χ0n) is 8.52. The Morgan fingerprint density at radius 1 is 1.47 bits per heavy atom. The van der Waals surface area contributed by atoms with Crippen molar-refractivity contribution >= 4 is 48.6 Å². The number of nitrogens with zero attached hydrogens (tertiary/aromatic N) is 2.